The molecule has 1 atom stereocenters. The quantitative estimate of drug-likeness (QED) is 0.522. The zero-order chi connectivity index (χ0) is 24.0. The van der Waals surface area contributed by atoms with Crippen LogP contribution in [0.25, 0.3) is 0 Å². The SMILES string of the molecule is CCC(C(=O)NCc1ccc(CN2CCCCC2)cc1)N(c1ccc(Cl)c(Cl)c1)S(C)(=O)=O. The molecule has 0 aromatic heterocycles. The fourth-order valence-corrected chi connectivity index (χ4v) is 5.62. The molecule has 9 heteroatoms. The number of rotatable bonds is 9. The van der Waals surface area contributed by atoms with E-state index in [0.717, 1.165) is 35.8 Å². The molecule has 1 N–H and O–H groups in total. The lowest BCUT2D eigenvalue weighted by molar-refractivity contribution is -0.122. The Morgan fingerprint density at radius 3 is 2.24 bits per heavy atom. The van der Waals surface area contributed by atoms with Crippen molar-refractivity contribution in [2.75, 3.05) is 23.7 Å². The number of likely N-dealkylation sites (tertiary alicyclic amines) is 1. The molecule has 0 aliphatic carbocycles. The lowest BCUT2D eigenvalue weighted by Gasteiger charge is -2.30. The topological polar surface area (TPSA) is 69.7 Å². The van der Waals surface area contributed by atoms with Crippen molar-refractivity contribution in [1.29, 1.82) is 0 Å². The van der Waals surface area contributed by atoms with Crippen molar-refractivity contribution >= 4 is 44.8 Å². The van der Waals surface area contributed by atoms with Gasteiger partial charge in [-0.3, -0.25) is 14.0 Å². The molecule has 180 valence electrons. The monoisotopic (exact) mass is 511 g/mol. The minimum atomic E-state index is -3.74. The van der Waals surface area contributed by atoms with Crippen LogP contribution in [0.2, 0.25) is 10.0 Å². The molecule has 6 nitrogen and oxygen atoms in total. The van der Waals surface area contributed by atoms with Crippen molar-refractivity contribution in [1.82, 2.24) is 10.2 Å². The molecule has 0 spiro atoms. The van der Waals surface area contributed by atoms with E-state index in [-0.39, 0.29) is 10.9 Å². The Bertz CT molecular complexity index is 1060. The summed E-state index contributed by atoms with van der Waals surface area (Å²) in [5, 5.41) is 3.42. The number of hydrogen-bond acceptors (Lipinski definition) is 4. The Morgan fingerprint density at radius 2 is 1.67 bits per heavy atom. The predicted molar refractivity (Wildman–Crippen MR) is 135 cm³/mol. The third-order valence-electron chi connectivity index (χ3n) is 5.83. The predicted octanol–water partition coefficient (Wildman–Crippen LogP) is 4.84. The molecule has 0 radical (unpaired) electrons. The van der Waals surface area contributed by atoms with Crippen molar-refractivity contribution in [2.45, 2.75) is 51.7 Å². The molecule has 3 rings (SSSR count). The first-order chi connectivity index (χ1) is 15.7. The van der Waals surface area contributed by atoms with E-state index in [1.807, 2.05) is 12.1 Å². The van der Waals surface area contributed by atoms with Crippen molar-refractivity contribution in [3.05, 3.63) is 63.6 Å². The van der Waals surface area contributed by atoms with E-state index < -0.39 is 16.1 Å². The van der Waals surface area contributed by atoms with Crippen LogP contribution in [0, 0.1) is 0 Å². The van der Waals surface area contributed by atoms with Crippen molar-refractivity contribution in [3.63, 3.8) is 0 Å². The Hall–Kier alpha value is -1.80. The van der Waals surface area contributed by atoms with Crippen LogP contribution in [0.1, 0.15) is 43.7 Å². The van der Waals surface area contributed by atoms with Gasteiger partial charge in [-0.05, 0) is 61.7 Å². The van der Waals surface area contributed by atoms with Gasteiger partial charge in [0.1, 0.15) is 6.04 Å². The van der Waals surface area contributed by atoms with E-state index >= 15 is 0 Å². The minimum Gasteiger partial charge on any atom is -0.350 e. The second kappa shape index (κ2) is 11.6. The molecule has 1 aliphatic heterocycles. The number of anilines is 1. The molecule has 2 aromatic carbocycles. The molecule has 33 heavy (non-hydrogen) atoms. The highest BCUT2D eigenvalue weighted by Crippen LogP contribution is 2.30. The summed E-state index contributed by atoms with van der Waals surface area (Å²) >= 11 is 12.1. The molecule has 1 saturated heterocycles. The maximum atomic E-state index is 13.0. The minimum absolute atomic E-state index is 0.225. The number of sulfonamides is 1. The van der Waals surface area contributed by atoms with Gasteiger partial charge in [0.15, 0.2) is 0 Å². The average Bonchev–Trinajstić information content (AvgIpc) is 2.78. The Labute approximate surface area is 206 Å². The van der Waals surface area contributed by atoms with Gasteiger partial charge in [0.25, 0.3) is 0 Å². The van der Waals surface area contributed by atoms with Gasteiger partial charge >= 0.3 is 0 Å². The Balaban J connectivity index is 1.67. The number of halogens is 2. The lowest BCUT2D eigenvalue weighted by atomic mass is 10.1. The van der Waals surface area contributed by atoms with Gasteiger partial charge in [-0.15, -0.1) is 0 Å². The molecule has 1 heterocycles. The van der Waals surface area contributed by atoms with E-state index in [4.69, 9.17) is 23.2 Å². The van der Waals surface area contributed by atoms with Crippen LogP contribution in [0.4, 0.5) is 5.69 Å². The number of hydrogen-bond donors (Lipinski definition) is 1. The highest BCUT2D eigenvalue weighted by molar-refractivity contribution is 7.92. The number of amides is 1. The summed E-state index contributed by atoms with van der Waals surface area (Å²) in [5.41, 5.74) is 2.51. The zero-order valence-corrected chi connectivity index (χ0v) is 21.4. The van der Waals surface area contributed by atoms with Crippen molar-refractivity contribution in [2.24, 2.45) is 0 Å². The summed E-state index contributed by atoms with van der Waals surface area (Å²) < 4.78 is 26.3. The molecule has 1 aliphatic rings. The highest BCUT2D eigenvalue weighted by Gasteiger charge is 2.31. The van der Waals surface area contributed by atoms with Gasteiger partial charge in [-0.2, -0.15) is 0 Å². The van der Waals surface area contributed by atoms with E-state index in [0.29, 0.717) is 23.7 Å². The van der Waals surface area contributed by atoms with Crippen molar-refractivity contribution in [3.8, 4) is 0 Å². The summed E-state index contributed by atoms with van der Waals surface area (Å²) in [5.74, 6) is -0.369. The first kappa shape index (κ1) is 25.8. The zero-order valence-electron chi connectivity index (χ0n) is 19.1. The van der Waals surface area contributed by atoms with Crippen LogP contribution in [-0.2, 0) is 27.9 Å². The summed E-state index contributed by atoms with van der Waals surface area (Å²) in [6, 6.07) is 11.8. The standard InChI is InChI=1S/C24H31Cl2N3O3S/c1-3-23(29(33(2,31)32)20-11-12-21(25)22(26)15-20)24(30)27-16-18-7-9-19(10-8-18)17-28-13-5-4-6-14-28/h7-12,15,23H,3-6,13-14,16-17H2,1-2H3,(H,27,30). The van der Waals surface area contributed by atoms with Crippen LogP contribution in [0.3, 0.4) is 0 Å². The first-order valence-corrected chi connectivity index (χ1v) is 13.8. The van der Waals surface area contributed by atoms with Crippen LogP contribution < -0.4 is 9.62 Å². The van der Waals surface area contributed by atoms with Gasteiger partial charge in [0.05, 0.1) is 22.0 Å². The number of carbonyl (C=O) groups is 1. The fourth-order valence-electron chi connectivity index (χ4n) is 4.13. The van der Waals surface area contributed by atoms with E-state index in [9.17, 15) is 13.2 Å². The van der Waals surface area contributed by atoms with Crippen LogP contribution in [-0.4, -0.2) is 44.6 Å². The highest BCUT2D eigenvalue weighted by atomic mass is 35.5. The van der Waals surface area contributed by atoms with Crippen molar-refractivity contribution < 1.29 is 13.2 Å². The second-order valence-corrected chi connectivity index (χ2v) is 11.1. The van der Waals surface area contributed by atoms with Crippen LogP contribution >= 0.6 is 23.2 Å². The molecular formula is C24H31Cl2N3O3S. The first-order valence-electron chi connectivity index (χ1n) is 11.2. The summed E-state index contributed by atoms with van der Waals surface area (Å²) in [6.45, 7) is 5.32. The number of nitrogens with one attached hydrogen (secondary N) is 1. The van der Waals surface area contributed by atoms with E-state index in [2.05, 4.69) is 22.3 Å². The van der Waals surface area contributed by atoms with Crippen LogP contribution in [0.5, 0.6) is 0 Å². The molecule has 2 aromatic rings. The van der Waals surface area contributed by atoms with Gasteiger partial charge in [0.2, 0.25) is 15.9 Å². The Kier molecular flexibility index (Phi) is 9.04. The average molecular weight is 513 g/mol. The molecule has 0 saturated carbocycles. The molecule has 0 bridgehead atoms. The van der Waals surface area contributed by atoms with Gasteiger partial charge in [-0.25, -0.2) is 8.42 Å². The lowest BCUT2D eigenvalue weighted by Crippen LogP contribution is -2.49. The smallest absolute Gasteiger partial charge is 0.244 e. The normalized spacial score (nSPS) is 15.8. The van der Waals surface area contributed by atoms with Gasteiger partial charge in [-0.1, -0.05) is 60.8 Å². The number of nitrogens with zero attached hydrogens (tertiary/aromatic N) is 2. The van der Waals surface area contributed by atoms with Crippen LogP contribution in [0.15, 0.2) is 42.5 Å². The summed E-state index contributed by atoms with van der Waals surface area (Å²) in [4.78, 5) is 15.5. The second-order valence-electron chi connectivity index (χ2n) is 8.45. The molecule has 1 fully saturated rings. The van der Waals surface area contributed by atoms with E-state index in [1.54, 1.807) is 13.0 Å². The van der Waals surface area contributed by atoms with E-state index in [1.165, 1.54) is 37.0 Å². The third-order valence-corrected chi connectivity index (χ3v) is 7.75. The van der Waals surface area contributed by atoms with Gasteiger partial charge in [0, 0.05) is 13.1 Å². The largest absolute Gasteiger partial charge is 0.350 e. The maximum Gasteiger partial charge on any atom is 0.244 e. The Morgan fingerprint density at radius 1 is 1.03 bits per heavy atom. The fraction of sp³-hybridized carbons (Fsp3) is 0.458. The number of benzene rings is 2. The molecule has 1 amide bonds. The molecule has 1 unspecified atom stereocenters. The summed E-state index contributed by atoms with van der Waals surface area (Å²) in [6.07, 6.45) is 5.21. The number of piperidine rings is 1. The summed E-state index contributed by atoms with van der Waals surface area (Å²) in [7, 11) is -3.74. The third kappa shape index (κ3) is 7.09. The van der Waals surface area contributed by atoms with Gasteiger partial charge < -0.3 is 5.32 Å². The number of carbonyl (C=O) groups excluding carboxylic acids is 1. The molecular weight excluding hydrogens is 481 g/mol. The maximum absolute atomic E-state index is 13.0.